The predicted molar refractivity (Wildman–Crippen MR) is 53.6 cm³/mol. The molecule has 1 aromatic heterocycles. The van der Waals surface area contributed by atoms with Crippen LogP contribution in [0.1, 0.15) is 23.1 Å². The van der Waals surface area contributed by atoms with E-state index in [-0.39, 0.29) is 10.7 Å². The molecule has 0 aromatic carbocycles. The Bertz CT molecular complexity index is 341. The number of hydrogen-bond donors (Lipinski definition) is 2. The molecule has 0 atom stereocenters. The molecule has 0 fully saturated rings. The van der Waals surface area contributed by atoms with E-state index >= 15 is 0 Å². The molecule has 0 amide bonds. The van der Waals surface area contributed by atoms with E-state index < -0.39 is 6.29 Å². The molecule has 0 unspecified atom stereocenters. The largest absolute Gasteiger partial charge is 0.364 e. The molecular formula is C8H9BrClNO2. The quantitative estimate of drug-likeness (QED) is 0.604. The van der Waals surface area contributed by atoms with Gasteiger partial charge < -0.3 is 10.2 Å². The number of rotatable bonds is 1. The van der Waals surface area contributed by atoms with Gasteiger partial charge in [-0.25, -0.2) is 4.98 Å². The molecule has 0 bridgehead atoms. The highest BCUT2D eigenvalue weighted by molar-refractivity contribution is 9.10. The molecule has 0 aliphatic carbocycles. The van der Waals surface area contributed by atoms with Gasteiger partial charge in [-0.15, -0.1) is 0 Å². The number of nitrogens with zero attached hydrogens (tertiary/aromatic N) is 1. The number of pyridine rings is 1. The van der Waals surface area contributed by atoms with Crippen LogP contribution in [0.4, 0.5) is 0 Å². The van der Waals surface area contributed by atoms with E-state index in [0.717, 1.165) is 10.2 Å². The maximum atomic E-state index is 9.01. The Balaban J connectivity index is 3.44. The molecule has 13 heavy (non-hydrogen) atoms. The zero-order valence-electron chi connectivity index (χ0n) is 7.17. The van der Waals surface area contributed by atoms with Gasteiger partial charge in [-0.1, -0.05) is 11.6 Å². The molecule has 0 saturated heterocycles. The highest BCUT2D eigenvalue weighted by atomic mass is 79.9. The second-order valence-electron chi connectivity index (χ2n) is 2.71. The van der Waals surface area contributed by atoms with Gasteiger partial charge in [-0.3, -0.25) is 0 Å². The highest BCUT2D eigenvalue weighted by Crippen LogP contribution is 2.30. The van der Waals surface area contributed by atoms with Crippen molar-refractivity contribution in [3.63, 3.8) is 0 Å². The molecule has 1 aromatic rings. The van der Waals surface area contributed by atoms with E-state index in [9.17, 15) is 0 Å². The molecule has 1 heterocycles. The van der Waals surface area contributed by atoms with Crippen molar-refractivity contribution in [3.8, 4) is 0 Å². The smallest absolute Gasteiger partial charge is 0.181 e. The number of aliphatic hydroxyl groups is 2. The third-order valence-electron chi connectivity index (χ3n) is 1.80. The molecule has 0 saturated carbocycles. The fourth-order valence-corrected chi connectivity index (χ4v) is 1.77. The Labute approximate surface area is 89.5 Å². The standard InChI is InChI=1S/C8H9BrClNO2/c1-3-5(8(12)13)7(10)11-4(2)6(3)9/h8,12-13H,1-2H3. The van der Waals surface area contributed by atoms with Crippen LogP contribution in [0.15, 0.2) is 4.47 Å². The summed E-state index contributed by atoms with van der Waals surface area (Å²) in [7, 11) is 0. The molecule has 5 heteroatoms. The molecule has 72 valence electrons. The van der Waals surface area contributed by atoms with Crippen LogP contribution >= 0.6 is 27.5 Å². The fraction of sp³-hybridized carbons (Fsp3) is 0.375. The SMILES string of the molecule is Cc1nc(Cl)c(C(O)O)c(C)c1Br. The summed E-state index contributed by atoms with van der Waals surface area (Å²) >= 11 is 9.04. The summed E-state index contributed by atoms with van der Waals surface area (Å²) in [6.45, 7) is 3.54. The van der Waals surface area contributed by atoms with Gasteiger partial charge in [-0.2, -0.15) is 0 Å². The van der Waals surface area contributed by atoms with Gasteiger partial charge in [-0.05, 0) is 35.3 Å². The van der Waals surface area contributed by atoms with Crippen LogP contribution in [-0.2, 0) is 0 Å². The third-order valence-corrected chi connectivity index (χ3v) is 3.25. The van der Waals surface area contributed by atoms with Crippen molar-refractivity contribution in [3.05, 3.63) is 26.4 Å². The van der Waals surface area contributed by atoms with Crippen molar-refractivity contribution in [1.29, 1.82) is 0 Å². The summed E-state index contributed by atoms with van der Waals surface area (Å²) in [6, 6.07) is 0. The van der Waals surface area contributed by atoms with Crippen LogP contribution in [0.2, 0.25) is 5.15 Å². The van der Waals surface area contributed by atoms with Crippen molar-refractivity contribution in [2.75, 3.05) is 0 Å². The van der Waals surface area contributed by atoms with Gasteiger partial charge in [0.2, 0.25) is 0 Å². The van der Waals surface area contributed by atoms with Crippen LogP contribution in [-0.4, -0.2) is 15.2 Å². The number of aliphatic hydroxyl groups excluding tert-OH is 1. The first-order valence-electron chi connectivity index (χ1n) is 3.63. The summed E-state index contributed by atoms with van der Waals surface area (Å²) < 4.78 is 0.750. The van der Waals surface area contributed by atoms with Gasteiger partial charge in [0, 0.05) is 10.0 Å². The van der Waals surface area contributed by atoms with Gasteiger partial charge in [0.1, 0.15) is 5.15 Å². The van der Waals surface area contributed by atoms with E-state index in [4.69, 9.17) is 21.8 Å². The second kappa shape index (κ2) is 3.92. The first-order chi connectivity index (χ1) is 5.95. The van der Waals surface area contributed by atoms with Crippen LogP contribution in [0, 0.1) is 13.8 Å². The Morgan fingerprint density at radius 3 is 2.38 bits per heavy atom. The minimum Gasteiger partial charge on any atom is -0.364 e. The summed E-state index contributed by atoms with van der Waals surface area (Å²) in [6.07, 6.45) is -1.59. The van der Waals surface area contributed by atoms with E-state index in [1.807, 2.05) is 0 Å². The Kier molecular flexibility index (Phi) is 3.29. The molecule has 2 N–H and O–H groups in total. The number of hydrogen-bond acceptors (Lipinski definition) is 3. The maximum Gasteiger partial charge on any atom is 0.181 e. The van der Waals surface area contributed by atoms with E-state index in [1.165, 1.54) is 0 Å². The van der Waals surface area contributed by atoms with Crippen LogP contribution in [0.3, 0.4) is 0 Å². The van der Waals surface area contributed by atoms with Gasteiger partial charge in [0.05, 0.1) is 5.69 Å². The van der Waals surface area contributed by atoms with Crippen LogP contribution in [0.5, 0.6) is 0 Å². The molecular weight excluding hydrogens is 257 g/mol. The number of halogens is 2. The van der Waals surface area contributed by atoms with Crippen molar-refractivity contribution in [2.45, 2.75) is 20.1 Å². The van der Waals surface area contributed by atoms with E-state index in [2.05, 4.69) is 20.9 Å². The van der Waals surface area contributed by atoms with Crippen LogP contribution < -0.4 is 0 Å². The van der Waals surface area contributed by atoms with Crippen molar-refractivity contribution >= 4 is 27.5 Å². The normalized spacial score (nSPS) is 11.0. The fourth-order valence-electron chi connectivity index (χ4n) is 1.10. The van der Waals surface area contributed by atoms with E-state index in [0.29, 0.717) is 5.56 Å². The third kappa shape index (κ3) is 2.02. The van der Waals surface area contributed by atoms with Gasteiger partial charge in [0.25, 0.3) is 0 Å². The van der Waals surface area contributed by atoms with Crippen molar-refractivity contribution < 1.29 is 10.2 Å². The zero-order valence-corrected chi connectivity index (χ0v) is 9.52. The van der Waals surface area contributed by atoms with Crippen molar-refractivity contribution in [2.24, 2.45) is 0 Å². The zero-order chi connectivity index (χ0) is 10.2. The summed E-state index contributed by atoms with van der Waals surface area (Å²) in [5.74, 6) is 0. The highest BCUT2D eigenvalue weighted by Gasteiger charge is 2.16. The average Bonchev–Trinajstić information content (AvgIpc) is 1.99. The topological polar surface area (TPSA) is 53.4 Å². The lowest BCUT2D eigenvalue weighted by Gasteiger charge is -2.12. The summed E-state index contributed by atoms with van der Waals surface area (Å²) in [4.78, 5) is 3.95. The average molecular weight is 267 g/mol. The molecule has 0 radical (unpaired) electrons. The summed E-state index contributed by atoms with van der Waals surface area (Å²) in [5.41, 5.74) is 1.68. The lowest BCUT2D eigenvalue weighted by atomic mass is 10.1. The lowest BCUT2D eigenvalue weighted by Crippen LogP contribution is -2.03. The first kappa shape index (κ1) is 10.9. The van der Waals surface area contributed by atoms with Crippen LogP contribution in [0.25, 0.3) is 0 Å². The number of aromatic nitrogens is 1. The monoisotopic (exact) mass is 265 g/mol. The Hall–Kier alpha value is -0.160. The minimum absolute atomic E-state index is 0.133. The first-order valence-corrected chi connectivity index (χ1v) is 4.80. The Morgan fingerprint density at radius 2 is 1.92 bits per heavy atom. The molecule has 0 aliphatic heterocycles. The predicted octanol–water partition coefficient (Wildman–Crippen LogP) is 2.10. The Morgan fingerprint density at radius 1 is 1.38 bits per heavy atom. The van der Waals surface area contributed by atoms with Gasteiger partial charge >= 0.3 is 0 Å². The molecule has 0 spiro atoms. The van der Waals surface area contributed by atoms with Gasteiger partial charge in [0.15, 0.2) is 6.29 Å². The number of aryl methyl sites for hydroxylation is 1. The molecule has 0 aliphatic rings. The molecule has 3 nitrogen and oxygen atoms in total. The lowest BCUT2D eigenvalue weighted by molar-refractivity contribution is -0.0431. The second-order valence-corrected chi connectivity index (χ2v) is 3.87. The molecule has 1 rings (SSSR count). The van der Waals surface area contributed by atoms with Crippen molar-refractivity contribution in [1.82, 2.24) is 4.98 Å². The maximum absolute atomic E-state index is 9.01. The summed E-state index contributed by atoms with van der Waals surface area (Å²) in [5, 5.41) is 18.2. The minimum atomic E-state index is -1.59. The van der Waals surface area contributed by atoms with E-state index in [1.54, 1.807) is 13.8 Å².